The van der Waals surface area contributed by atoms with E-state index in [0.29, 0.717) is 43.2 Å². The molecule has 214 valence electrons. The van der Waals surface area contributed by atoms with Gasteiger partial charge in [-0.2, -0.15) is 9.97 Å². The lowest BCUT2D eigenvalue weighted by atomic mass is 9.92. The Labute approximate surface area is 235 Å². The zero-order valence-electron chi connectivity index (χ0n) is 23.3. The monoisotopic (exact) mass is 548 g/mol. The second kappa shape index (κ2) is 12.3. The number of aromatic nitrogens is 4. The number of methoxy groups -OCH3 is 1. The summed E-state index contributed by atoms with van der Waals surface area (Å²) in [6.07, 6.45) is 10.4. The number of piperidine rings is 1. The molecule has 11 nitrogen and oxygen atoms in total. The number of anilines is 4. The molecule has 3 aromatic rings. The summed E-state index contributed by atoms with van der Waals surface area (Å²) in [5.74, 6) is 2.68. The average Bonchev–Trinajstić information content (AvgIpc) is 3.48. The zero-order chi connectivity index (χ0) is 27.3. The molecule has 4 heterocycles. The number of aromatic amines is 1. The summed E-state index contributed by atoms with van der Waals surface area (Å²) in [6, 6.07) is 6.61. The number of carbonyl (C=O) groups is 1. The molecule has 0 unspecified atom stereocenters. The summed E-state index contributed by atoms with van der Waals surface area (Å²) in [4.78, 5) is 34.0. The standard InChI is InChI=1S/C29H40N8O3/c1-39-24-18-22(36-11-9-20(10-12-36)17-25(38)37-13-15-40-16-14-37)7-8-23(24)33-29-34-27-26(30-19-31-27)28(35-29)32-21-5-3-2-4-6-21/h7-8,18-21H,2-6,9-17H2,1H3,(H3,30,31,32,33,34,35). The quantitative estimate of drug-likeness (QED) is 0.378. The van der Waals surface area contributed by atoms with Crippen LogP contribution >= 0.6 is 0 Å². The SMILES string of the molecule is COc1cc(N2CCC(CC(=O)N3CCOCC3)CC2)ccc1Nc1nc(NC2CCCCC2)c2nc[nH]c2n1. The number of nitrogens with one attached hydrogen (secondary N) is 3. The fourth-order valence-corrected chi connectivity index (χ4v) is 6.12. The number of rotatable bonds is 8. The van der Waals surface area contributed by atoms with E-state index in [-0.39, 0.29) is 5.91 Å². The van der Waals surface area contributed by atoms with Crippen LogP contribution in [0.5, 0.6) is 5.75 Å². The van der Waals surface area contributed by atoms with E-state index in [1.807, 2.05) is 11.0 Å². The predicted octanol–water partition coefficient (Wildman–Crippen LogP) is 4.32. The minimum Gasteiger partial charge on any atom is -0.494 e. The summed E-state index contributed by atoms with van der Waals surface area (Å²) in [7, 11) is 1.68. The molecule has 2 saturated heterocycles. The van der Waals surface area contributed by atoms with E-state index in [4.69, 9.17) is 14.5 Å². The van der Waals surface area contributed by atoms with Crippen LogP contribution in [0.2, 0.25) is 0 Å². The van der Waals surface area contributed by atoms with E-state index < -0.39 is 0 Å². The highest BCUT2D eigenvalue weighted by molar-refractivity contribution is 5.84. The van der Waals surface area contributed by atoms with Crippen molar-refractivity contribution in [2.75, 3.05) is 62.0 Å². The maximum atomic E-state index is 12.7. The third-order valence-corrected chi connectivity index (χ3v) is 8.46. The molecule has 11 heteroatoms. The van der Waals surface area contributed by atoms with Gasteiger partial charge in [0.1, 0.15) is 11.3 Å². The van der Waals surface area contributed by atoms with Crippen LogP contribution in [0, 0.1) is 5.92 Å². The fourth-order valence-electron chi connectivity index (χ4n) is 6.12. The van der Waals surface area contributed by atoms with Crippen molar-refractivity contribution in [1.82, 2.24) is 24.8 Å². The molecule has 3 fully saturated rings. The van der Waals surface area contributed by atoms with Gasteiger partial charge < -0.3 is 34.9 Å². The lowest BCUT2D eigenvalue weighted by molar-refractivity contribution is -0.136. The van der Waals surface area contributed by atoms with E-state index in [2.05, 4.69) is 42.6 Å². The number of ether oxygens (including phenoxy) is 2. The Morgan fingerprint density at radius 3 is 2.65 bits per heavy atom. The van der Waals surface area contributed by atoms with Gasteiger partial charge in [-0.15, -0.1) is 0 Å². The Bertz CT molecular complexity index is 1290. The number of imidazole rings is 1. The summed E-state index contributed by atoms with van der Waals surface area (Å²) in [5.41, 5.74) is 3.37. The number of fused-ring (bicyclic) bond motifs is 1. The molecular weight excluding hydrogens is 508 g/mol. The summed E-state index contributed by atoms with van der Waals surface area (Å²) < 4.78 is 11.2. The topological polar surface area (TPSA) is 121 Å². The van der Waals surface area contributed by atoms with Gasteiger partial charge in [0.15, 0.2) is 11.5 Å². The van der Waals surface area contributed by atoms with Crippen molar-refractivity contribution in [1.29, 1.82) is 0 Å². The molecule has 1 aliphatic carbocycles. The van der Waals surface area contributed by atoms with E-state index >= 15 is 0 Å². The number of carbonyl (C=O) groups excluding carboxylic acids is 1. The van der Waals surface area contributed by atoms with Gasteiger partial charge in [0.2, 0.25) is 11.9 Å². The van der Waals surface area contributed by atoms with Crippen LogP contribution < -0.4 is 20.3 Å². The molecule has 3 aliphatic rings. The molecule has 1 amide bonds. The van der Waals surface area contributed by atoms with Crippen LogP contribution in [0.3, 0.4) is 0 Å². The van der Waals surface area contributed by atoms with Gasteiger partial charge in [-0.1, -0.05) is 19.3 Å². The number of benzene rings is 1. The average molecular weight is 549 g/mol. The molecule has 0 radical (unpaired) electrons. The fraction of sp³-hybridized carbons (Fsp3) is 0.586. The number of hydrogen-bond acceptors (Lipinski definition) is 9. The van der Waals surface area contributed by atoms with Crippen LogP contribution in [0.25, 0.3) is 11.2 Å². The zero-order valence-corrected chi connectivity index (χ0v) is 23.3. The van der Waals surface area contributed by atoms with Crippen LogP contribution in [-0.4, -0.2) is 83.3 Å². The van der Waals surface area contributed by atoms with Crippen molar-refractivity contribution in [3.63, 3.8) is 0 Å². The molecule has 0 atom stereocenters. The maximum Gasteiger partial charge on any atom is 0.231 e. The molecular formula is C29H40N8O3. The van der Waals surface area contributed by atoms with Crippen molar-refractivity contribution < 1.29 is 14.3 Å². The first-order valence-electron chi connectivity index (χ1n) is 14.7. The van der Waals surface area contributed by atoms with Gasteiger partial charge >= 0.3 is 0 Å². The Kier molecular flexibility index (Phi) is 8.17. The Morgan fingerprint density at radius 1 is 1.07 bits per heavy atom. The lowest BCUT2D eigenvalue weighted by Gasteiger charge is -2.35. The summed E-state index contributed by atoms with van der Waals surface area (Å²) in [6.45, 7) is 4.59. The highest BCUT2D eigenvalue weighted by atomic mass is 16.5. The van der Waals surface area contributed by atoms with Crippen molar-refractivity contribution in [2.45, 2.75) is 57.4 Å². The Morgan fingerprint density at radius 2 is 1.88 bits per heavy atom. The molecule has 0 spiro atoms. The molecule has 0 bridgehead atoms. The van der Waals surface area contributed by atoms with Crippen LogP contribution in [0.4, 0.5) is 23.1 Å². The number of nitrogens with zero attached hydrogens (tertiary/aromatic N) is 5. The molecule has 40 heavy (non-hydrogen) atoms. The first-order valence-corrected chi connectivity index (χ1v) is 14.7. The van der Waals surface area contributed by atoms with Crippen LogP contribution in [0.1, 0.15) is 51.4 Å². The smallest absolute Gasteiger partial charge is 0.231 e. The lowest BCUT2D eigenvalue weighted by Crippen LogP contribution is -2.42. The second-order valence-electron chi connectivity index (χ2n) is 11.1. The number of morpholine rings is 1. The van der Waals surface area contributed by atoms with Crippen LogP contribution in [0.15, 0.2) is 24.5 Å². The minimum absolute atomic E-state index is 0.270. The predicted molar refractivity (Wildman–Crippen MR) is 155 cm³/mol. The second-order valence-corrected chi connectivity index (χ2v) is 11.1. The van der Waals surface area contributed by atoms with Crippen molar-refractivity contribution >= 4 is 40.2 Å². The first-order chi connectivity index (χ1) is 19.7. The summed E-state index contributed by atoms with van der Waals surface area (Å²) >= 11 is 0. The van der Waals surface area contributed by atoms with Gasteiger partial charge in [-0.05, 0) is 43.7 Å². The Balaban J connectivity index is 1.10. The number of H-pyrrole nitrogens is 1. The third kappa shape index (κ3) is 6.09. The van der Waals surface area contributed by atoms with Gasteiger partial charge in [0, 0.05) is 50.4 Å². The molecule has 6 rings (SSSR count). The van der Waals surface area contributed by atoms with E-state index in [1.54, 1.807) is 13.4 Å². The van der Waals surface area contributed by atoms with Gasteiger partial charge in [-0.25, -0.2) is 4.98 Å². The molecule has 2 aromatic heterocycles. The molecule has 2 aliphatic heterocycles. The molecule has 1 aromatic carbocycles. The summed E-state index contributed by atoms with van der Waals surface area (Å²) in [5, 5.41) is 6.98. The third-order valence-electron chi connectivity index (χ3n) is 8.46. The van der Waals surface area contributed by atoms with Crippen LogP contribution in [-0.2, 0) is 9.53 Å². The first kappa shape index (κ1) is 26.6. The highest BCUT2D eigenvalue weighted by Gasteiger charge is 2.26. The largest absolute Gasteiger partial charge is 0.494 e. The highest BCUT2D eigenvalue weighted by Crippen LogP contribution is 2.34. The van der Waals surface area contributed by atoms with Crippen molar-refractivity contribution in [3.05, 3.63) is 24.5 Å². The van der Waals surface area contributed by atoms with Crippen molar-refractivity contribution in [3.8, 4) is 5.75 Å². The number of amides is 1. The Hall–Kier alpha value is -3.60. The number of hydrogen-bond donors (Lipinski definition) is 3. The van der Waals surface area contributed by atoms with Gasteiger partial charge in [0.05, 0.1) is 32.3 Å². The van der Waals surface area contributed by atoms with Crippen molar-refractivity contribution in [2.24, 2.45) is 5.92 Å². The molecule has 1 saturated carbocycles. The van der Waals surface area contributed by atoms with E-state index in [1.165, 1.54) is 19.3 Å². The van der Waals surface area contributed by atoms with E-state index in [0.717, 1.165) is 80.3 Å². The van der Waals surface area contributed by atoms with E-state index in [9.17, 15) is 4.79 Å². The normalized spacial score (nSPS) is 19.1. The molecule has 3 N–H and O–H groups in total. The minimum atomic E-state index is 0.270. The maximum absolute atomic E-state index is 12.7. The van der Waals surface area contributed by atoms with Gasteiger partial charge in [0.25, 0.3) is 0 Å². The van der Waals surface area contributed by atoms with Gasteiger partial charge in [-0.3, -0.25) is 4.79 Å².